The van der Waals surface area contributed by atoms with E-state index in [0.29, 0.717) is 0 Å². The Kier molecular flexibility index (Phi) is 4.87. The summed E-state index contributed by atoms with van der Waals surface area (Å²) in [5, 5.41) is 18.7. The van der Waals surface area contributed by atoms with Crippen LogP contribution >= 0.6 is 0 Å². The van der Waals surface area contributed by atoms with Crippen LogP contribution in [0.1, 0.15) is 5.56 Å². The van der Waals surface area contributed by atoms with Crippen LogP contribution in [-0.2, 0) is 11.3 Å². The second kappa shape index (κ2) is 6.85. The molecule has 2 N–H and O–H groups in total. The highest BCUT2D eigenvalue weighted by Gasteiger charge is 2.36. The number of benzene rings is 1. The van der Waals surface area contributed by atoms with Gasteiger partial charge in [-0.1, -0.05) is 30.3 Å². The lowest BCUT2D eigenvalue weighted by molar-refractivity contribution is -0.153. The summed E-state index contributed by atoms with van der Waals surface area (Å²) in [6.45, 7) is 4.35. The number of hydrogen-bond donors (Lipinski definition) is 2. The first-order chi connectivity index (χ1) is 10.3. The van der Waals surface area contributed by atoms with Crippen molar-refractivity contribution < 1.29 is 14.9 Å². The van der Waals surface area contributed by atoms with Crippen molar-refractivity contribution in [3.8, 4) is 0 Å². The standard InChI is InChI=1S/C16H24N2O3/c19-11-14(12-20)18-9-15-7-17(8-16(10-18)21-15)6-13-4-2-1-3-5-13/h1-5,14-16,19-20H,6-12H2. The Morgan fingerprint density at radius 3 is 2.19 bits per heavy atom. The number of nitrogens with zero attached hydrogens (tertiary/aromatic N) is 2. The van der Waals surface area contributed by atoms with Gasteiger partial charge >= 0.3 is 0 Å². The second-order valence-corrected chi connectivity index (χ2v) is 6.03. The van der Waals surface area contributed by atoms with Gasteiger partial charge in [0.1, 0.15) is 0 Å². The molecule has 2 bridgehead atoms. The van der Waals surface area contributed by atoms with Gasteiger partial charge in [0.25, 0.3) is 0 Å². The number of aliphatic hydroxyl groups is 2. The fourth-order valence-electron chi connectivity index (χ4n) is 3.37. The predicted octanol–water partition coefficient (Wildman–Crippen LogP) is -0.0752. The number of aliphatic hydroxyl groups excluding tert-OH is 2. The Labute approximate surface area is 125 Å². The Bertz CT molecular complexity index is 424. The van der Waals surface area contributed by atoms with Crippen molar-refractivity contribution in [1.29, 1.82) is 0 Å². The molecule has 0 amide bonds. The number of rotatable bonds is 5. The predicted molar refractivity (Wildman–Crippen MR) is 79.9 cm³/mol. The maximum atomic E-state index is 9.34. The molecule has 1 aromatic carbocycles. The first kappa shape index (κ1) is 14.9. The minimum absolute atomic E-state index is 0.00364. The first-order valence-electron chi connectivity index (χ1n) is 7.66. The second-order valence-electron chi connectivity index (χ2n) is 6.03. The summed E-state index contributed by atoms with van der Waals surface area (Å²) in [6.07, 6.45) is 0.337. The fraction of sp³-hybridized carbons (Fsp3) is 0.625. The molecule has 1 aromatic rings. The molecule has 0 saturated carbocycles. The molecule has 2 fully saturated rings. The topological polar surface area (TPSA) is 56.2 Å². The van der Waals surface area contributed by atoms with Crippen molar-refractivity contribution >= 4 is 0 Å². The van der Waals surface area contributed by atoms with Crippen molar-refractivity contribution in [3.63, 3.8) is 0 Å². The molecule has 0 spiro atoms. The molecule has 0 aromatic heterocycles. The van der Waals surface area contributed by atoms with E-state index < -0.39 is 0 Å². The highest BCUT2D eigenvalue weighted by molar-refractivity contribution is 5.14. The summed E-state index contributed by atoms with van der Waals surface area (Å²) >= 11 is 0. The third-order valence-electron chi connectivity index (χ3n) is 4.37. The van der Waals surface area contributed by atoms with Crippen LogP contribution in [0, 0.1) is 0 Å². The van der Waals surface area contributed by atoms with Crippen LogP contribution in [-0.4, -0.2) is 77.7 Å². The molecule has 0 radical (unpaired) electrons. The molecule has 2 aliphatic heterocycles. The van der Waals surface area contributed by atoms with Crippen LogP contribution in [0.15, 0.2) is 30.3 Å². The minimum Gasteiger partial charge on any atom is -0.395 e. The lowest BCUT2D eigenvalue weighted by atomic mass is 10.1. The molecule has 5 heteroatoms. The van der Waals surface area contributed by atoms with Crippen molar-refractivity contribution in [2.24, 2.45) is 0 Å². The highest BCUT2D eigenvalue weighted by Crippen LogP contribution is 2.22. The summed E-state index contributed by atoms with van der Waals surface area (Å²) < 4.78 is 6.01. The summed E-state index contributed by atoms with van der Waals surface area (Å²) in [5.74, 6) is 0. The van der Waals surface area contributed by atoms with E-state index in [-0.39, 0.29) is 31.5 Å². The Morgan fingerprint density at radius 2 is 1.62 bits per heavy atom. The van der Waals surface area contributed by atoms with Gasteiger partial charge < -0.3 is 14.9 Å². The maximum absolute atomic E-state index is 9.34. The molecule has 0 aliphatic carbocycles. The molecule has 2 saturated heterocycles. The van der Waals surface area contributed by atoms with E-state index in [4.69, 9.17) is 4.74 Å². The normalized spacial score (nSPS) is 27.2. The monoisotopic (exact) mass is 292 g/mol. The Morgan fingerprint density at radius 1 is 1.00 bits per heavy atom. The summed E-state index contributed by atoms with van der Waals surface area (Å²) in [6, 6.07) is 10.4. The van der Waals surface area contributed by atoms with Crippen molar-refractivity contribution in [1.82, 2.24) is 9.80 Å². The van der Waals surface area contributed by atoms with E-state index in [1.165, 1.54) is 5.56 Å². The number of fused-ring (bicyclic) bond motifs is 2. The van der Waals surface area contributed by atoms with E-state index in [1.807, 2.05) is 6.07 Å². The molecular weight excluding hydrogens is 268 g/mol. The van der Waals surface area contributed by atoms with Crippen LogP contribution in [0.3, 0.4) is 0 Å². The van der Waals surface area contributed by atoms with Crippen LogP contribution in [0.5, 0.6) is 0 Å². The lowest BCUT2D eigenvalue weighted by Crippen LogP contribution is -2.62. The fourth-order valence-corrected chi connectivity index (χ4v) is 3.37. The lowest BCUT2D eigenvalue weighted by Gasteiger charge is -2.47. The summed E-state index contributed by atoms with van der Waals surface area (Å²) in [4.78, 5) is 4.61. The zero-order valence-corrected chi connectivity index (χ0v) is 12.3. The van der Waals surface area contributed by atoms with Crippen LogP contribution in [0.2, 0.25) is 0 Å². The highest BCUT2D eigenvalue weighted by atomic mass is 16.5. The molecule has 2 aliphatic rings. The van der Waals surface area contributed by atoms with Crippen LogP contribution in [0.25, 0.3) is 0 Å². The Hall–Kier alpha value is -0.980. The quantitative estimate of drug-likeness (QED) is 0.795. The zero-order chi connectivity index (χ0) is 14.7. The smallest absolute Gasteiger partial charge is 0.0834 e. The summed E-state index contributed by atoms with van der Waals surface area (Å²) in [7, 11) is 0. The molecule has 2 unspecified atom stereocenters. The van der Waals surface area contributed by atoms with Gasteiger partial charge in [-0.3, -0.25) is 9.80 Å². The van der Waals surface area contributed by atoms with Crippen molar-refractivity contribution in [2.45, 2.75) is 24.8 Å². The van der Waals surface area contributed by atoms with Crippen molar-refractivity contribution in [3.05, 3.63) is 35.9 Å². The van der Waals surface area contributed by atoms with E-state index in [0.717, 1.165) is 32.7 Å². The molecule has 5 nitrogen and oxygen atoms in total. The van der Waals surface area contributed by atoms with E-state index in [2.05, 4.69) is 34.1 Å². The molecule has 116 valence electrons. The number of morpholine rings is 2. The maximum Gasteiger partial charge on any atom is 0.0834 e. The van der Waals surface area contributed by atoms with Gasteiger partial charge in [-0.05, 0) is 5.56 Å². The van der Waals surface area contributed by atoms with Crippen molar-refractivity contribution in [2.75, 3.05) is 39.4 Å². The van der Waals surface area contributed by atoms with Gasteiger partial charge in [0, 0.05) is 32.7 Å². The van der Waals surface area contributed by atoms with E-state index in [9.17, 15) is 10.2 Å². The molecule has 21 heavy (non-hydrogen) atoms. The first-order valence-corrected chi connectivity index (χ1v) is 7.66. The zero-order valence-electron chi connectivity index (χ0n) is 12.3. The SMILES string of the molecule is OCC(CO)N1CC2CN(Cc3ccccc3)CC(C1)O2. The molecule has 2 heterocycles. The molecular formula is C16H24N2O3. The van der Waals surface area contributed by atoms with Crippen LogP contribution in [0.4, 0.5) is 0 Å². The third-order valence-corrected chi connectivity index (χ3v) is 4.37. The summed E-state index contributed by atoms with van der Waals surface area (Å²) in [5.41, 5.74) is 1.33. The van der Waals surface area contributed by atoms with Gasteiger partial charge in [0.05, 0.1) is 31.5 Å². The number of hydrogen-bond acceptors (Lipinski definition) is 5. The van der Waals surface area contributed by atoms with E-state index in [1.54, 1.807) is 0 Å². The Balaban J connectivity index is 1.59. The molecule has 3 rings (SSSR count). The third kappa shape index (κ3) is 3.62. The number of ether oxygens (including phenoxy) is 1. The van der Waals surface area contributed by atoms with Gasteiger partial charge in [-0.25, -0.2) is 0 Å². The average molecular weight is 292 g/mol. The molecule has 2 atom stereocenters. The van der Waals surface area contributed by atoms with Gasteiger partial charge in [-0.2, -0.15) is 0 Å². The van der Waals surface area contributed by atoms with Crippen LogP contribution < -0.4 is 0 Å². The van der Waals surface area contributed by atoms with Gasteiger partial charge in [-0.15, -0.1) is 0 Å². The largest absolute Gasteiger partial charge is 0.395 e. The minimum atomic E-state index is -0.153. The van der Waals surface area contributed by atoms with Gasteiger partial charge in [0.15, 0.2) is 0 Å². The van der Waals surface area contributed by atoms with Gasteiger partial charge in [0.2, 0.25) is 0 Å². The van der Waals surface area contributed by atoms with E-state index >= 15 is 0 Å². The average Bonchev–Trinajstić information content (AvgIpc) is 2.49.